The number of aryl methyl sites for hydroxylation is 1. The van der Waals surface area contributed by atoms with Crippen LogP contribution in [0.15, 0.2) is 47.4 Å². The van der Waals surface area contributed by atoms with Crippen LogP contribution in [0.3, 0.4) is 0 Å². The van der Waals surface area contributed by atoms with E-state index in [9.17, 15) is 18.0 Å². The quantitative estimate of drug-likeness (QED) is 0.649. The number of likely N-dealkylation sites (N-methyl/N-ethyl adjacent to an activating group) is 1. The normalized spacial score (nSPS) is 13.8. The minimum absolute atomic E-state index is 0.0734. The van der Waals surface area contributed by atoms with Gasteiger partial charge in [0, 0.05) is 25.7 Å². The third-order valence-electron chi connectivity index (χ3n) is 5.00. The van der Waals surface area contributed by atoms with Crippen LogP contribution in [0.25, 0.3) is 0 Å². The Labute approximate surface area is 182 Å². The summed E-state index contributed by atoms with van der Waals surface area (Å²) in [4.78, 5) is 24.1. The fourth-order valence-electron chi connectivity index (χ4n) is 3.31. The molecule has 0 spiro atoms. The topological polar surface area (TPSA) is 105 Å². The molecule has 166 valence electrons. The molecule has 0 radical (unpaired) electrons. The molecule has 1 aliphatic rings. The van der Waals surface area contributed by atoms with E-state index in [-0.39, 0.29) is 23.9 Å². The molecule has 31 heavy (non-hydrogen) atoms. The molecule has 0 bridgehead atoms. The highest BCUT2D eigenvalue weighted by Gasteiger charge is 2.24. The molecule has 8 nitrogen and oxygen atoms in total. The first-order valence-electron chi connectivity index (χ1n) is 10.2. The molecule has 0 fully saturated rings. The van der Waals surface area contributed by atoms with E-state index in [2.05, 4.69) is 10.6 Å². The summed E-state index contributed by atoms with van der Waals surface area (Å²) in [5, 5.41) is 5.52. The Morgan fingerprint density at radius 1 is 1.16 bits per heavy atom. The Bertz CT molecular complexity index is 1050. The van der Waals surface area contributed by atoms with Crippen molar-refractivity contribution < 1.29 is 22.7 Å². The monoisotopic (exact) mass is 445 g/mol. The zero-order chi connectivity index (χ0) is 22.4. The highest BCUT2D eigenvalue weighted by molar-refractivity contribution is 7.89. The molecule has 0 saturated heterocycles. The van der Waals surface area contributed by atoms with Crippen molar-refractivity contribution in [3.63, 3.8) is 0 Å². The molecule has 0 saturated carbocycles. The first kappa shape index (κ1) is 22.8. The SMILES string of the molecule is CCOc1ccc(CNC(=O)CN(C)S(=O)(=O)c2ccc3c(c2)CCCC(=O)N3)cc1. The average molecular weight is 446 g/mol. The summed E-state index contributed by atoms with van der Waals surface area (Å²) in [6.07, 6.45) is 1.68. The lowest BCUT2D eigenvalue weighted by molar-refractivity contribution is -0.121. The van der Waals surface area contributed by atoms with Gasteiger partial charge in [-0.2, -0.15) is 4.31 Å². The molecular formula is C22H27N3O5S. The predicted octanol–water partition coefficient (Wildman–Crippen LogP) is 2.30. The number of amides is 2. The average Bonchev–Trinajstić information content (AvgIpc) is 2.93. The molecule has 1 heterocycles. The number of sulfonamides is 1. The Kier molecular flexibility index (Phi) is 7.29. The van der Waals surface area contributed by atoms with Gasteiger partial charge >= 0.3 is 0 Å². The number of nitrogens with one attached hydrogen (secondary N) is 2. The number of carbonyl (C=O) groups is 2. The summed E-state index contributed by atoms with van der Waals surface area (Å²) in [6, 6.07) is 12.0. The molecular weight excluding hydrogens is 418 g/mol. The van der Waals surface area contributed by atoms with Crippen molar-refractivity contribution in [2.24, 2.45) is 0 Å². The molecule has 2 N–H and O–H groups in total. The largest absolute Gasteiger partial charge is 0.494 e. The first-order chi connectivity index (χ1) is 14.8. The second-order valence-electron chi connectivity index (χ2n) is 7.34. The van der Waals surface area contributed by atoms with Crippen LogP contribution in [-0.2, 0) is 32.6 Å². The number of benzene rings is 2. The number of ether oxygens (including phenoxy) is 1. The number of nitrogens with zero attached hydrogens (tertiary/aromatic N) is 1. The molecule has 0 aromatic heterocycles. The van der Waals surface area contributed by atoms with Gasteiger partial charge in [0.15, 0.2) is 0 Å². The van der Waals surface area contributed by atoms with Gasteiger partial charge in [-0.15, -0.1) is 0 Å². The van der Waals surface area contributed by atoms with E-state index in [1.165, 1.54) is 13.1 Å². The van der Waals surface area contributed by atoms with Crippen molar-refractivity contribution in [2.45, 2.75) is 37.6 Å². The lowest BCUT2D eigenvalue weighted by Gasteiger charge is -2.18. The van der Waals surface area contributed by atoms with Crippen LogP contribution in [-0.4, -0.2) is 44.7 Å². The summed E-state index contributed by atoms with van der Waals surface area (Å²) in [5.41, 5.74) is 2.30. The fraction of sp³-hybridized carbons (Fsp3) is 0.364. The molecule has 2 amide bonds. The second-order valence-corrected chi connectivity index (χ2v) is 9.38. The van der Waals surface area contributed by atoms with Crippen LogP contribution in [0, 0.1) is 0 Å². The summed E-state index contributed by atoms with van der Waals surface area (Å²) < 4.78 is 32.3. The number of hydrogen-bond donors (Lipinski definition) is 2. The summed E-state index contributed by atoms with van der Waals surface area (Å²) in [7, 11) is -2.47. The summed E-state index contributed by atoms with van der Waals surface area (Å²) in [6.45, 7) is 2.47. The Hall–Kier alpha value is -2.91. The lowest BCUT2D eigenvalue weighted by atomic mass is 10.1. The standard InChI is InChI=1S/C22H27N3O5S/c1-3-30-18-9-7-16(8-10-18)14-23-22(27)15-25(2)31(28,29)19-11-12-20-17(13-19)5-4-6-21(26)24-20/h7-13H,3-6,14-15H2,1-2H3,(H,23,27)(H,24,26). The molecule has 1 aliphatic heterocycles. The minimum atomic E-state index is -3.84. The summed E-state index contributed by atoms with van der Waals surface area (Å²) >= 11 is 0. The van der Waals surface area contributed by atoms with Gasteiger partial charge < -0.3 is 15.4 Å². The fourth-order valence-corrected chi connectivity index (χ4v) is 4.48. The van der Waals surface area contributed by atoms with E-state index >= 15 is 0 Å². The maximum atomic E-state index is 12.9. The maximum absolute atomic E-state index is 12.9. The van der Waals surface area contributed by atoms with Crippen molar-refractivity contribution in [3.8, 4) is 5.75 Å². The van der Waals surface area contributed by atoms with Gasteiger partial charge in [0.2, 0.25) is 21.8 Å². The van der Waals surface area contributed by atoms with E-state index in [0.717, 1.165) is 21.2 Å². The number of rotatable bonds is 8. The van der Waals surface area contributed by atoms with Crippen LogP contribution >= 0.6 is 0 Å². The van der Waals surface area contributed by atoms with Gasteiger partial charge in [-0.3, -0.25) is 9.59 Å². The van der Waals surface area contributed by atoms with Gasteiger partial charge in [-0.25, -0.2) is 8.42 Å². The molecule has 0 atom stereocenters. The number of carbonyl (C=O) groups excluding carboxylic acids is 2. The van der Waals surface area contributed by atoms with E-state index in [4.69, 9.17) is 4.74 Å². The third-order valence-corrected chi connectivity index (χ3v) is 6.80. The predicted molar refractivity (Wildman–Crippen MR) is 117 cm³/mol. The summed E-state index contributed by atoms with van der Waals surface area (Å²) in [5.74, 6) is 0.279. The van der Waals surface area contributed by atoms with Crippen LogP contribution in [0.4, 0.5) is 5.69 Å². The molecule has 2 aromatic carbocycles. The zero-order valence-electron chi connectivity index (χ0n) is 17.7. The molecule has 9 heteroatoms. The lowest BCUT2D eigenvalue weighted by Crippen LogP contribution is -2.38. The molecule has 0 unspecified atom stereocenters. The highest BCUT2D eigenvalue weighted by Crippen LogP contribution is 2.26. The van der Waals surface area contributed by atoms with E-state index < -0.39 is 15.9 Å². The molecule has 0 aliphatic carbocycles. The smallest absolute Gasteiger partial charge is 0.243 e. The minimum Gasteiger partial charge on any atom is -0.494 e. The number of anilines is 1. The van der Waals surface area contributed by atoms with E-state index in [1.807, 2.05) is 31.2 Å². The molecule has 2 aromatic rings. The van der Waals surface area contributed by atoms with Crippen molar-refractivity contribution in [2.75, 3.05) is 25.5 Å². The zero-order valence-corrected chi connectivity index (χ0v) is 18.5. The highest BCUT2D eigenvalue weighted by atomic mass is 32.2. The maximum Gasteiger partial charge on any atom is 0.243 e. The van der Waals surface area contributed by atoms with Gasteiger partial charge in [0.1, 0.15) is 5.75 Å². The van der Waals surface area contributed by atoms with Crippen LogP contribution in [0.5, 0.6) is 5.75 Å². The van der Waals surface area contributed by atoms with E-state index in [0.29, 0.717) is 31.6 Å². The van der Waals surface area contributed by atoms with Gasteiger partial charge in [-0.05, 0) is 61.2 Å². The van der Waals surface area contributed by atoms with Crippen molar-refractivity contribution in [1.82, 2.24) is 9.62 Å². The number of hydrogen-bond acceptors (Lipinski definition) is 5. The van der Waals surface area contributed by atoms with Gasteiger partial charge in [-0.1, -0.05) is 12.1 Å². The first-order valence-corrected chi connectivity index (χ1v) is 11.6. The second kappa shape index (κ2) is 9.93. The van der Waals surface area contributed by atoms with Crippen LogP contribution in [0.1, 0.15) is 30.9 Å². The van der Waals surface area contributed by atoms with Crippen molar-refractivity contribution in [3.05, 3.63) is 53.6 Å². The van der Waals surface area contributed by atoms with Crippen molar-refractivity contribution in [1.29, 1.82) is 0 Å². The molecule has 3 rings (SSSR count). The number of fused-ring (bicyclic) bond motifs is 1. The van der Waals surface area contributed by atoms with Crippen LogP contribution < -0.4 is 15.4 Å². The Balaban J connectivity index is 1.61. The van der Waals surface area contributed by atoms with E-state index in [1.54, 1.807) is 12.1 Å². The van der Waals surface area contributed by atoms with Gasteiger partial charge in [0.05, 0.1) is 18.0 Å². The van der Waals surface area contributed by atoms with Crippen LogP contribution in [0.2, 0.25) is 0 Å². The van der Waals surface area contributed by atoms with Gasteiger partial charge in [0.25, 0.3) is 0 Å². The Morgan fingerprint density at radius 2 is 1.90 bits per heavy atom. The Morgan fingerprint density at radius 3 is 2.61 bits per heavy atom. The third kappa shape index (κ3) is 5.83. The van der Waals surface area contributed by atoms with Crippen molar-refractivity contribution >= 4 is 27.5 Å².